The molecule has 3 aromatic rings. The fourth-order valence-electron chi connectivity index (χ4n) is 3.85. The summed E-state index contributed by atoms with van der Waals surface area (Å²) in [7, 11) is 0. The van der Waals surface area contributed by atoms with Gasteiger partial charge >= 0.3 is 5.97 Å². The zero-order chi connectivity index (χ0) is 24.6. The lowest BCUT2D eigenvalue weighted by molar-refractivity contribution is -0.385. The molecule has 0 bridgehead atoms. The number of thiazole rings is 1. The molecule has 1 atom stereocenters. The summed E-state index contributed by atoms with van der Waals surface area (Å²) in [5.74, 6) is -0.613. The van der Waals surface area contributed by atoms with E-state index in [4.69, 9.17) is 4.74 Å². The van der Waals surface area contributed by atoms with Crippen LogP contribution in [0.15, 0.2) is 68.0 Å². The van der Waals surface area contributed by atoms with Gasteiger partial charge < -0.3 is 4.74 Å². The van der Waals surface area contributed by atoms with Gasteiger partial charge in [-0.1, -0.05) is 51.5 Å². The summed E-state index contributed by atoms with van der Waals surface area (Å²) in [6.07, 6.45) is 1.76. The second-order valence-corrected chi connectivity index (χ2v) is 9.59. The maximum Gasteiger partial charge on any atom is 0.338 e. The molecule has 2 heterocycles. The lowest BCUT2D eigenvalue weighted by Gasteiger charge is -2.24. The van der Waals surface area contributed by atoms with Gasteiger partial charge in [0.05, 0.1) is 33.4 Å². The van der Waals surface area contributed by atoms with E-state index in [9.17, 15) is 19.7 Å². The maximum absolute atomic E-state index is 13.6. The number of nitrogens with zero attached hydrogens (tertiary/aromatic N) is 3. The predicted octanol–water partition coefficient (Wildman–Crippen LogP) is 3.78. The third kappa shape index (κ3) is 4.38. The van der Waals surface area contributed by atoms with E-state index >= 15 is 0 Å². The molecule has 1 aliphatic heterocycles. The zero-order valence-electron chi connectivity index (χ0n) is 18.6. The monoisotopic (exact) mass is 541 g/mol. The summed E-state index contributed by atoms with van der Waals surface area (Å²) in [6, 6.07) is 11.3. The molecular formula is C24H20BrN3O5S. The molecule has 1 aliphatic rings. The minimum Gasteiger partial charge on any atom is -0.463 e. The van der Waals surface area contributed by atoms with Crippen molar-refractivity contribution in [2.75, 3.05) is 6.61 Å². The summed E-state index contributed by atoms with van der Waals surface area (Å²) in [4.78, 5) is 42.5. The number of halogens is 1. The second-order valence-electron chi connectivity index (χ2n) is 7.66. The summed E-state index contributed by atoms with van der Waals surface area (Å²) in [6.45, 7) is 5.14. The highest BCUT2D eigenvalue weighted by Crippen LogP contribution is 2.33. The number of hydrogen-bond donors (Lipinski definition) is 0. The number of allylic oxidation sites excluding steroid dienone is 1. The molecule has 0 spiro atoms. The van der Waals surface area contributed by atoms with E-state index < -0.39 is 16.9 Å². The fourth-order valence-corrected chi connectivity index (χ4v) is 5.31. The van der Waals surface area contributed by atoms with Gasteiger partial charge in [0.1, 0.15) is 0 Å². The molecule has 2 aromatic carbocycles. The normalized spacial score (nSPS) is 15.6. The Morgan fingerprint density at radius 2 is 2.06 bits per heavy atom. The number of carbonyl (C=O) groups is 1. The van der Waals surface area contributed by atoms with E-state index in [0.717, 1.165) is 10.0 Å². The van der Waals surface area contributed by atoms with Gasteiger partial charge in [-0.25, -0.2) is 9.79 Å². The van der Waals surface area contributed by atoms with Crippen molar-refractivity contribution in [2.24, 2.45) is 4.99 Å². The number of carbonyl (C=O) groups excluding carboxylic acids is 1. The summed E-state index contributed by atoms with van der Waals surface area (Å²) < 4.78 is 7.98. The van der Waals surface area contributed by atoms with Crippen LogP contribution >= 0.6 is 27.3 Å². The molecule has 34 heavy (non-hydrogen) atoms. The van der Waals surface area contributed by atoms with Gasteiger partial charge in [-0.3, -0.25) is 19.5 Å². The number of nitro groups is 1. The van der Waals surface area contributed by atoms with E-state index in [1.165, 1.54) is 22.0 Å². The highest BCUT2D eigenvalue weighted by Gasteiger charge is 2.34. The molecule has 0 aliphatic carbocycles. The Labute approximate surface area is 206 Å². The minimum absolute atomic E-state index is 0.0911. The Morgan fingerprint density at radius 1 is 1.29 bits per heavy atom. The van der Waals surface area contributed by atoms with Gasteiger partial charge in [-0.15, -0.1) is 0 Å². The molecule has 10 heteroatoms. The predicted molar refractivity (Wildman–Crippen MR) is 132 cm³/mol. The van der Waals surface area contributed by atoms with E-state index in [1.54, 1.807) is 39.0 Å². The molecular weight excluding hydrogens is 522 g/mol. The Balaban J connectivity index is 2.00. The largest absolute Gasteiger partial charge is 0.463 e. The number of esters is 1. The van der Waals surface area contributed by atoms with Crippen molar-refractivity contribution in [1.82, 2.24) is 4.57 Å². The first-order valence-electron chi connectivity index (χ1n) is 10.4. The summed E-state index contributed by atoms with van der Waals surface area (Å²) >= 11 is 4.63. The Morgan fingerprint density at radius 3 is 2.74 bits per heavy atom. The van der Waals surface area contributed by atoms with Gasteiger partial charge in [-0.2, -0.15) is 0 Å². The Hall–Kier alpha value is -3.37. The topological polar surface area (TPSA) is 104 Å². The lowest BCUT2D eigenvalue weighted by Crippen LogP contribution is -2.40. The standard InChI is InChI=1S/C24H20BrN3O5S/c1-4-33-23(30)20-14(3)26-24-27(21(20)16-9-8-13(2)18(12-16)28(31)32)22(29)19(34-24)11-15-6-5-7-17(25)10-15/h5-12,21H,4H2,1-3H3/b19-11+/t21-/m1/s1. The number of fused-ring (bicyclic) bond motifs is 1. The molecule has 0 saturated heterocycles. The fraction of sp³-hybridized carbons (Fsp3) is 0.208. The van der Waals surface area contributed by atoms with Crippen molar-refractivity contribution >= 4 is 45.0 Å². The zero-order valence-corrected chi connectivity index (χ0v) is 21.0. The van der Waals surface area contributed by atoms with Crippen LogP contribution in [0.5, 0.6) is 0 Å². The first kappa shape index (κ1) is 23.8. The second kappa shape index (κ2) is 9.47. The van der Waals surface area contributed by atoms with Gasteiger partial charge in [0.15, 0.2) is 4.80 Å². The molecule has 0 radical (unpaired) electrons. The number of ether oxygens (including phenoxy) is 1. The van der Waals surface area contributed by atoms with Gasteiger partial charge in [-0.05, 0) is 50.1 Å². The first-order chi connectivity index (χ1) is 16.2. The van der Waals surface area contributed by atoms with Crippen LogP contribution in [-0.2, 0) is 9.53 Å². The van der Waals surface area contributed by atoms with E-state index in [-0.39, 0.29) is 23.4 Å². The molecule has 1 aromatic heterocycles. The Bertz CT molecular complexity index is 1540. The van der Waals surface area contributed by atoms with Crippen LogP contribution in [0.4, 0.5) is 5.69 Å². The van der Waals surface area contributed by atoms with Crippen LogP contribution in [0.25, 0.3) is 6.08 Å². The molecule has 0 N–H and O–H groups in total. The van der Waals surface area contributed by atoms with E-state index in [1.807, 2.05) is 24.3 Å². The van der Waals surface area contributed by atoms with Gasteiger partial charge in [0.2, 0.25) is 0 Å². The number of hydrogen-bond acceptors (Lipinski definition) is 7. The number of rotatable bonds is 5. The highest BCUT2D eigenvalue weighted by molar-refractivity contribution is 9.10. The summed E-state index contributed by atoms with van der Waals surface area (Å²) in [5, 5.41) is 11.6. The SMILES string of the molecule is CCOC(=O)C1=C(C)N=c2s/c(=C/c3cccc(Br)c3)c(=O)n2[C@@H]1c1ccc(C)c([N+](=O)[O-])c1. The van der Waals surface area contributed by atoms with Crippen LogP contribution in [0, 0.1) is 17.0 Å². The lowest BCUT2D eigenvalue weighted by atomic mass is 9.94. The van der Waals surface area contributed by atoms with Crippen molar-refractivity contribution in [2.45, 2.75) is 26.8 Å². The highest BCUT2D eigenvalue weighted by atomic mass is 79.9. The quantitative estimate of drug-likeness (QED) is 0.277. The van der Waals surface area contributed by atoms with Gasteiger partial charge in [0.25, 0.3) is 11.2 Å². The number of aromatic nitrogens is 1. The van der Waals surface area contributed by atoms with Crippen LogP contribution < -0.4 is 14.9 Å². The third-order valence-electron chi connectivity index (χ3n) is 5.41. The van der Waals surface area contributed by atoms with Crippen LogP contribution in [0.1, 0.15) is 36.6 Å². The number of benzene rings is 2. The minimum atomic E-state index is -0.903. The van der Waals surface area contributed by atoms with Crippen LogP contribution in [0.3, 0.4) is 0 Å². The van der Waals surface area contributed by atoms with Crippen LogP contribution in [-0.4, -0.2) is 22.1 Å². The van der Waals surface area contributed by atoms with Gasteiger partial charge in [0, 0.05) is 16.1 Å². The molecule has 174 valence electrons. The smallest absolute Gasteiger partial charge is 0.338 e. The first-order valence-corrected chi connectivity index (χ1v) is 12.0. The maximum atomic E-state index is 13.6. The molecule has 0 amide bonds. The average molecular weight is 542 g/mol. The van der Waals surface area contributed by atoms with Crippen molar-refractivity contribution in [3.05, 3.63) is 105 Å². The van der Waals surface area contributed by atoms with Crippen molar-refractivity contribution in [3.8, 4) is 0 Å². The number of nitro benzene ring substituents is 1. The molecule has 0 unspecified atom stereocenters. The average Bonchev–Trinajstić information content (AvgIpc) is 3.07. The van der Waals surface area contributed by atoms with Crippen LogP contribution in [0.2, 0.25) is 0 Å². The van der Waals surface area contributed by atoms with E-state index in [0.29, 0.717) is 26.2 Å². The molecule has 0 saturated carbocycles. The third-order valence-corrected chi connectivity index (χ3v) is 6.89. The molecule has 4 rings (SSSR count). The summed E-state index contributed by atoms with van der Waals surface area (Å²) in [5.41, 5.74) is 1.89. The molecule has 8 nitrogen and oxygen atoms in total. The van der Waals surface area contributed by atoms with E-state index in [2.05, 4.69) is 20.9 Å². The van der Waals surface area contributed by atoms with Crippen molar-refractivity contribution in [3.63, 3.8) is 0 Å². The van der Waals surface area contributed by atoms with Crippen molar-refractivity contribution in [1.29, 1.82) is 0 Å². The van der Waals surface area contributed by atoms with Crippen molar-refractivity contribution < 1.29 is 14.5 Å². The Kier molecular flexibility index (Phi) is 6.63. The molecule has 0 fully saturated rings. The number of aryl methyl sites for hydroxylation is 1.